The molecular weight excluding hydrogens is 422 g/mol. The van der Waals surface area contributed by atoms with Gasteiger partial charge in [-0.2, -0.15) is 0 Å². The lowest BCUT2D eigenvalue weighted by atomic mass is 10.1. The number of aryl methyl sites for hydroxylation is 1. The topological polar surface area (TPSA) is 56.1 Å². The molecule has 6 heteroatoms. The summed E-state index contributed by atoms with van der Waals surface area (Å²) in [6.45, 7) is 1.27. The van der Waals surface area contributed by atoms with Gasteiger partial charge in [-0.15, -0.1) is 0 Å². The maximum absolute atomic E-state index is 12.3. The molecule has 0 aliphatic carbocycles. The normalized spacial score (nSPS) is 10.9. The molecule has 0 saturated carbocycles. The van der Waals surface area contributed by atoms with Gasteiger partial charge < -0.3 is 14.6 Å². The number of fused-ring (bicyclic) bond motifs is 1. The predicted molar refractivity (Wildman–Crippen MR) is 128 cm³/mol. The van der Waals surface area contributed by atoms with E-state index in [1.165, 1.54) is 0 Å². The first-order valence-electron chi connectivity index (χ1n) is 10.7. The molecular formula is C26H26ClN3O2. The van der Waals surface area contributed by atoms with Gasteiger partial charge in [0.1, 0.15) is 11.6 Å². The van der Waals surface area contributed by atoms with Crippen molar-refractivity contribution in [2.75, 3.05) is 13.7 Å². The number of nitrogens with zero attached hydrogens (tertiary/aromatic N) is 2. The van der Waals surface area contributed by atoms with Crippen LogP contribution in [0.3, 0.4) is 0 Å². The second-order valence-electron chi connectivity index (χ2n) is 7.67. The molecule has 5 nitrogen and oxygen atoms in total. The Kier molecular flexibility index (Phi) is 7.07. The summed E-state index contributed by atoms with van der Waals surface area (Å²) in [7, 11) is 1.63. The van der Waals surface area contributed by atoms with Crippen molar-refractivity contribution in [3.8, 4) is 5.75 Å². The maximum Gasteiger partial charge on any atom is 0.224 e. The molecule has 4 rings (SSSR count). The van der Waals surface area contributed by atoms with Crippen LogP contribution in [-0.2, 0) is 24.2 Å². The Morgan fingerprint density at radius 2 is 1.78 bits per heavy atom. The van der Waals surface area contributed by atoms with Crippen molar-refractivity contribution in [1.29, 1.82) is 0 Å². The number of halogens is 1. The molecule has 0 unspecified atom stereocenters. The Morgan fingerprint density at radius 1 is 1.03 bits per heavy atom. The number of carbonyl (C=O) groups is 1. The molecule has 1 heterocycles. The van der Waals surface area contributed by atoms with Crippen molar-refractivity contribution < 1.29 is 9.53 Å². The molecule has 0 fully saturated rings. The van der Waals surface area contributed by atoms with Gasteiger partial charge in [0.2, 0.25) is 5.91 Å². The van der Waals surface area contributed by atoms with Crippen LogP contribution in [0.15, 0.2) is 72.8 Å². The molecule has 0 radical (unpaired) electrons. The van der Waals surface area contributed by atoms with Crippen LogP contribution in [0.1, 0.15) is 23.4 Å². The number of para-hydroxylation sites is 2. The molecule has 0 aliphatic rings. The third kappa shape index (κ3) is 5.29. The van der Waals surface area contributed by atoms with Crippen LogP contribution in [-0.4, -0.2) is 29.1 Å². The number of ether oxygens (including phenoxy) is 1. The van der Waals surface area contributed by atoms with Gasteiger partial charge in [-0.1, -0.05) is 54.1 Å². The van der Waals surface area contributed by atoms with Crippen molar-refractivity contribution in [2.45, 2.75) is 25.8 Å². The molecule has 0 aliphatic heterocycles. The van der Waals surface area contributed by atoms with E-state index >= 15 is 0 Å². The van der Waals surface area contributed by atoms with Crippen LogP contribution in [0.2, 0.25) is 5.02 Å². The molecule has 164 valence electrons. The lowest BCUT2D eigenvalue weighted by Crippen LogP contribution is -2.26. The van der Waals surface area contributed by atoms with E-state index in [2.05, 4.69) is 16.0 Å². The number of hydrogen-bond acceptors (Lipinski definition) is 3. The van der Waals surface area contributed by atoms with E-state index in [-0.39, 0.29) is 5.91 Å². The Bertz CT molecular complexity index is 1200. The van der Waals surface area contributed by atoms with Gasteiger partial charge in [-0.25, -0.2) is 4.98 Å². The van der Waals surface area contributed by atoms with Crippen molar-refractivity contribution >= 4 is 28.5 Å². The molecule has 0 atom stereocenters. The number of aromatic nitrogens is 2. The largest absolute Gasteiger partial charge is 0.497 e. The van der Waals surface area contributed by atoms with E-state index in [9.17, 15) is 4.79 Å². The molecule has 1 amide bonds. The first kappa shape index (κ1) is 21.9. The monoisotopic (exact) mass is 447 g/mol. The highest BCUT2D eigenvalue weighted by Gasteiger charge is 2.12. The number of rotatable bonds is 9. The number of benzene rings is 3. The number of nitrogens with one attached hydrogen (secondary N) is 1. The highest BCUT2D eigenvalue weighted by atomic mass is 35.5. The minimum Gasteiger partial charge on any atom is -0.497 e. The first-order valence-corrected chi connectivity index (χ1v) is 11.1. The highest BCUT2D eigenvalue weighted by molar-refractivity contribution is 6.31. The van der Waals surface area contributed by atoms with Gasteiger partial charge in [0.25, 0.3) is 0 Å². The molecule has 4 aromatic rings. The van der Waals surface area contributed by atoms with E-state index in [0.717, 1.165) is 51.6 Å². The molecule has 3 aromatic carbocycles. The average Bonchev–Trinajstić information content (AvgIpc) is 3.16. The second kappa shape index (κ2) is 10.3. The smallest absolute Gasteiger partial charge is 0.224 e. The van der Waals surface area contributed by atoms with Gasteiger partial charge in [0, 0.05) is 18.0 Å². The molecule has 1 N–H and O–H groups in total. The van der Waals surface area contributed by atoms with Gasteiger partial charge in [-0.05, 0) is 47.9 Å². The SMILES string of the molecule is COc1ccc(CC(=O)NCCCc2nc3ccccc3n2Cc2ccccc2Cl)cc1. The minimum atomic E-state index is 0.0136. The highest BCUT2D eigenvalue weighted by Crippen LogP contribution is 2.22. The van der Waals surface area contributed by atoms with Crippen LogP contribution in [0.4, 0.5) is 0 Å². The Balaban J connectivity index is 1.37. The van der Waals surface area contributed by atoms with E-state index < -0.39 is 0 Å². The summed E-state index contributed by atoms with van der Waals surface area (Å²) in [5.41, 5.74) is 4.08. The van der Waals surface area contributed by atoms with Crippen molar-refractivity contribution in [3.05, 3.63) is 94.8 Å². The lowest BCUT2D eigenvalue weighted by Gasteiger charge is -2.11. The average molecular weight is 448 g/mol. The summed E-state index contributed by atoms with van der Waals surface area (Å²) >= 11 is 6.40. The van der Waals surface area contributed by atoms with Crippen LogP contribution in [0.25, 0.3) is 11.0 Å². The third-order valence-electron chi connectivity index (χ3n) is 5.44. The van der Waals surface area contributed by atoms with Gasteiger partial charge in [0.05, 0.1) is 31.1 Å². The molecule has 1 aromatic heterocycles. The summed E-state index contributed by atoms with van der Waals surface area (Å²) in [6, 6.07) is 23.6. The van der Waals surface area contributed by atoms with E-state index in [4.69, 9.17) is 21.3 Å². The number of methoxy groups -OCH3 is 1. The summed E-state index contributed by atoms with van der Waals surface area (Å²) in [6.07, 6.45) is 1.93. The number of hydrogen-bond donors (Lipinski definition) is 1. The predicted octanol–water partition coefficient (Wildman–Crippen LogP) is 5.04. The van der Waals surface area contributed by atoms with Crippen LogP contribution >= 0.6 is 11.6 Å². The van der Waals surface area contributed by atoms with Crippen molar-refractivity contribution in [1.82, 2.24) is 14.9 Å². The van der Waals surface area contributed by atoms with Crippen LogP contribution < -0.4 is 10.1 Å². The van der Waals surface area contributed by atoms with Gasteiger partial charge in [0.15, 0.2) is 0 Å². The second-order valence-corrected chi connectivity index (χ2v) is 8.08. The van der Waals surface area contributed by atoms with Crippen molar-refractivity contribution in [2.24, 2.45) is 0 Å². The van der Waals surface area contributed by atoms with Crippen molar-refractivity contribution in [3.63, 3.8) is 0 Å². The summed E-state index contributed by atoms with van der Waals surface area (Å²) in [5, 5.41) is 3.77. The Labute approximate surface area is 193 Å². The first-order chi connectivity index (χ1) is 15.6. The standard InChI is InChI=1S/C26H26ClN3O2/c1-32-21-14-12-19(13-15-21)17-26(31)28-16-6-11-25-29-23-9-4-5-10-24(23)30(25)18-20-7-2-3-8-22(20)27/h2-5,7-10,12-15H,6,11,16-18H2,1H3,(H,28,31). The molecule has 32 heavy (non-hydrogen) atoms. The van der Waals surface area contributed by atoms with E-state index in [0.29, 0.717) is 19.5 Å². The van der Waals surface area contributed by atoms with Gasteiger partial charge in [-0.3, -0.25) is 4.79 Å². The van der Waals surface area contributed by atoms with Gasteiger partial charge >= 0.3 is 0 Å². The molecule has 0 bridgehead atoms. The zero-order chi connectivity index (χ0) is 22.3. The lowest BCUT2D eigenvalue weighted by molar-refractivity contribution is -0.120. The van der Waals surface area contributed by atoms with E-state index in [1.807, 2.05) is 66.7 Å². The molecule has 0 saturated heterocycles. The molecule has 0 spiro atoms. The number of amides is 1. The Morgan fingerprint density at radius 3 is 2.56 bits per heavy atom. The minimum absolute atomic E-state index is 0.0136. The Hall–Kier alpha value is -3.31. The van der Waals surface area contributed by atoms with Crippen LogP contribution in [0, 0.1) is 0 Å². The quantitative estimate of drug-likeness (QED) is 0.366. The third-order valence-corrected chi connectivity index (χ3v) is 5.81. The zero-order valence-electron chi connectivity index (χ0n) is 18.1. The maximum atomic E-state index is 12.3. The van der Waals surface area contributed by atoms with Crippen LogP contribution in [0.5, 0.6) is 5.75 Å². The fraction of sp³-hybridized carbons (Fsp3) is 0.231. The zero-order valence-corrected chi connectivity index (χ0v) is 18.8. The summed E-state index contributed by atoms with van der Waals surface area (Å²) < 4.78 is 7.37. The number of carbonyl (C=O) groups excluding carboxylic acids is 1. The summed E-state index contributed by atoms with van der Waals surface area (Å²) in [4.78, 5) is 17.1. The number of imidazole rings is 1. The fourth-order valence-electron chi connectivity index (χ4n) is 3.76. The summed E-state index contributed by atoms with van der Waals surface area (Å²) in [5.74, 6) is 1.80. The van der Waals surface area contributed by atoms with E-state index in [1.54, 1.807) is 7.11 Å². The fourth-order valence-corrected chi connectivity index (χ4v) is 3.95.